The van der Waals surface area contributed by atoms with Gasteiger partial charge in [0.05, 0.1) is 5.02 Å². The number of hydrogen-bond acceptors (Lipinski definition) is 2. The van der Waals surface area contributed by atoms with Crippen LogP contribution in [0, 0.1) is 0 Å². The number of anilines is 1. The highest BCUT2D eigenvalue weighted by atomic mass is 79.9. The van der Waals surface area contributed by atoms with Crippen molar-refractivity contribution in [1.29, 1.82) is 0 Å². The maximum absolute atomic E-state index is 6.09. The first kappa shape index (κ1) is 10.2. The van der Waals surface area contributed by atoms with Crippen molar-refractivity contribution in [1.82, 2.24) is 4.98 Å². The molecule has 14 heavy (non-hydrogen) atoms. The molecule has 2 nitrogen and oxygen atoms in total. The lowest BCUT2D eigenvalue weighted by Gasteiger charge is -2.31. The van der Waals surface area contributed by atoms with Crippen LogP contribution in [-0.2, 0) is 0 Å². The Morgan fingerprint density at radius 3 is 3.14 bits per heavy atom. The Morgan fingerprint density at radius 2 is 2.43 bits per heavy atom. The molecule has 0 spiro atoms. The second-order valence-electron chi connectivity index (χ2n) is 3.49. The third kappa shape index (κ3) is 2.20. The standard InChI is InChI=1S/C10H12BrClN2/c11-8-3-2-6-14(7-8)10-9(12)4-1-5-13-10/h1,4-5,8H,2-3,6-7H2. The summed E-state index contributed by atoms with van der Waals surface area (Å²) in [5, 5.41) is 0.745. The highest BCUT2D eigenvalue weighted by Crippen LogP contribution is 2.27. The molecule has 4 heteroatoms. The largest absolute Gasteiger partial charge is 0.354 e. The number of nitrogens with zero attached hydrogens (tertiary/aromatic N) is 2. The Labute approximate surface area is 97.4 Å². The fraction of sp³-hybridized carbons (Fsp3) is 0.500. The molecule has 1 unspecified atom stereocenters. The van der Waals surface area contributed by atoms with Crippen LogP contribution in [0.3, 0.4) is 0 Å². The van der Waals surface area contributed by atoms with Crippen LogP contribution in [0.5, 0.6) is 0 Å². The Hall–Kier alpha value is -0.280. The van der Waals surface area contributed by atoms with E-state index < -0.39 is 0 Å². The molecule has 2 heterocycles. The normalized spacial score (nSPS) is 22.4. The maximum Gasteiger partial charge on any atom is 0.147 e. The first-order chi connectivity index (χ1) is 6.77. The number of halogens is 2. The summed E-state index contributed by atoms with van der Waals surface area (Å²) in [7, 11) is 0. The second kappa shape index (κ2) is 4.49. The van der Waals surface area contributed by atoms with Gasteiger partial charge in [0.15, 0.2) is 0 Å². The number of alkyl halides is 1. The molecule has 0 aromatic carbocycles. The minimum Gasteiger partial charge on any atom is -0.354 e. The van der Waals surface area contributed by atoms with Crippen LogP contribution in [0.1, 0.15) is 12.8 Å². The monoisotopic (exact) mass is 274 g/mol. The van der Waals surface area contributed by atoms with Crippen LogP contribution in [0.4, 0.5) is 5.82 Å². The Kier molecular flexibility index (Phi) is 3.29. The Balaban J connectivity index is 2.18. The molecule has 0 bridgehead atoms. The van der Waals surface area contributed by atoms with Crippen LogP contribution in [0.15, 0.2) is 18.3 Å². The summed E-state index contributed by atoms with van der Waals surface area (Å²) in [4.78, 5) is 7.12. The predicted molar refractivity (Wildman–Crippen MR) is 63.4 cm³/mol. The van der Waals surface area contributed by atoms with Gasteiger partial charge in [-0.1, -0.05) is 27.5 Å². The number of rotatable bonds is 1. The van der Waals surface area contributed by atoms with Crippen molar-refractivity contribution in [2.45, 2.75) is 17.7 Å². The van der Waals surface area contributed by atoms with Gasteiger partial charge in [-0.3, -0.25) is 0 Å². The van der Waals surface area contributed by atoms with Crippen LogP contribution >= 0.6 is 27.5 Å². The van der Waals surface area contributed by atoms with Gasteiger partial charge in [0.25, 0.3) is 0 Å². The summed E-state index contributed by atoms with van der Waals surface area (Å²) >= 11 is 9.72. The molecule has 0 N–H and O–H groups in total. The summed E-state index contributed by atoms with van der Waals surface area (Å²) in [6, 6.07) is 3.75. The summed E-state index contributed by atoms with van der Waals surface area (Å²) in [5.41, 5.74) is 0. The summed E-state index contributed by atoms with van der Waals surface area (Å²) < 4.78 is 0. The number of pyridine rings is 1. The third-order valence-electron chi connectivity index (χ3n) is 2.40. The van der Waals surface area contributed by atoms with Crippen LogP contribution < -0.4 is 4.90 Å². The lowest BCUT2D eigenvalue weighted by Crippen LogP contribution is -2.36. The fourth-order valence-corrected chi connectivity index (χ4v) is 2.64. The average Bonchev–Trinajstić information content (AvgIpc) is 2.18. The van der Waals surface area contributed by atoms with Crippen molar-refractivity contribution in [3.63, 3.8) is 0 Å². The van der Waals surface area contributed by atoms with E-state index in [-0.39, 0.29) is 0 Å². The van der Waals surface area contributed by atoms with E-state index in [0.29, 0.717) is 4.83 Å². The zero-order chi connectivity index (χ0) is 9.97. The summed E-state index contributed by atoms with van der Waals surface area (Å²) in [6.45, 7) is 2.05. The molecule has 76 valence electrons. The third-order valence-corrected chi connectivity index (χ3v) is 3.44. The molecule has 0 radical (unpaired) electrons. The van der Waals surface area contributed by atoms with E-state index >= 15 is 0 Å². The van der Waals surface area contributed by atoms with Gasteiger partial charge < -0.3 is 4.90 Å². The Bertz CT molecular complexity index is 319. The molecule has 1 aromatic rings. The zero-order valence-electron chi connectivity index (χ0n) is 7.79. The minimum absolute atomic E-state index is 0.564. The summed E-state index contributed by atoms with van der Waals surface area (Å²) in [6.07, 6.45) is 4.23. The van der Waals surface area contributed by atoms with Crippen LogP contribution in [0.25, 0.3) is 0 Å². The van der Waals surface area contributed by atoms with E-state index in [2.05, 4.69) is 25.8 Å². The van der Waals surface area contributed by atoms with Crippen molar-refractivity contribution < 1.29 is 0 Å². The first-order valence-electron chi connectivity index (χ1n) is 4.77. The molecule has 0 aliphatic carbocycles. The van der Waals surface area contributed by atoms with Gasteiger partial charge in [-0.05, 0) is 25.0 Å². The molecule has 1 aliphatic heterocycles. The molecular formula is C10H12BrClN2. The van der Waals surface area contributed by atoms with Gasteiger partial charge in [0.2, 0.25) is 0 Å². The first-order valence-corrected chi connectivity index (χ1v) is 6.06. The van der Waals surface area contributed by atoms with E-state index in [1.165, 1.54) is 12.8 Å². The van der Waals surface area contributed by atoms with Crippen molar-refractivity contribution in [2.75, 3.05) is 18.0 Å². The molecule has 1 aliphatic rings. The molecule has 1 atom stereocenters. The van der Waals surface area contributed by atoms with E-state index in [1.807, 2.05) is 12.1 Å². The topological polar surface area (TPSA) is 16.1 Å². The number of aromatic nitrogens is 1. The average molecular weight is 276 g/mol. The number of hydrogen-bond donors (Lipinski definition) is 0. The van der Waals surface area contributed by atoms with E-state index in [1.54, 1.807) is 6.20 Å². The number of piperidine rings is 1. The van der Waals surface area contributed by atoms with Gasteiger partial charge in [0.1, 0.15) is 5.82 Å². The van der Waals surface area contributed by atoms with Crippen LogP contribution in [-0.4, -0.2) is 22.9 Å². The molecular weight excluding hydrogens is 263 g/mol. The molecule has 0 amide bonds. The Morgan fingerprint density at radius 1 is 1.57 bits per heavy atom. The molecule has 0 saturated carbocycles. The fourth-order valence-electron chi connectivity index (χ4n) is 1.73. The summed E-state index contributed by atoms with van der Waals surface area (Å²) in [5.74, 6) is 0.915. The lowest BCUT2D eigenvalue weighted by atomic mass is 10.1. The SMILES string of the molecule is Clc1cccnc1N1CCCC(Br)C1. The van der Waals surface area contributed by atoms with E-state index in [0.717, 1.165) is 23.9 Å². The van der Waals surface area contributed by atoms with E-state index in [9.17, 15) is 0 Å². The van der Waals surface area contributed by atoms with Crippen LogP contribution in [0.2, 0.25) is 5.02 Å². The maximum atomic E-state index is 6.09. The van der Waals surface area contributed by atoms with Crippen molar-refractivity contribution in [2.24, 2.45) is 0 Å². The molecule has 2 rings (SSSR count). The van der Waals surface area contributed by atoms with Gasteiger partial charge in [-0.25, -0.2) is 4.98 Å². The van der Waals surface area contributed by atoms with Gasteiger partial charge >= 0.3 is 0 Å². The minimum atomic E-state index is 0.564. The zero-order valence-corrected chi connectivity index (χ0v) is 10.1. The predicted octanol–water partition coefficient (Wildman–Crippen LogP) is 3.10. The molecule has 1 fully saturated rings. The highest BCUT2D eigenvalue weighted by molar-refractivity contribution is 9.09. The van der Waals surface area contributed by atoms with Gasteiger partial charge in [0, 0.05) is 24.1 Å². The van der Waals surface area contributed by atoms with E-state index in [4.69, 9.17) is 11.6 Å². The van der Waals surface area contributed by atoms with Gasteiger partial charge in [-0.2, -0.15) is 0 Å². The highest BCUT2D eigenvalue weighted by Gasteiger charge is 2.19. The molecule has 1 saturated heterocycles. The lowest BCUT2D eigenvalue weighted by molar-refractivity contribution is 0.591. The van der Waals surface area contributed by atoms with Crippen molar-refractivity contribution >= 4 is 33.3 Å². The quantitative estimate of drug-likeness (QED) is 0.732. The van der Waals surface area contributed by atoms with Crippen molar-refractivity contribution in [3.05, 3.63) is 23.4 Å². The smallest absolute Gasteiger partial charge is 0.147 e. The second-order valence-corrected chi connectivity index (χ2v) is 5.20. The van der Waals surface area contributed by atoms with Gasteiger partial charge in [-0.15, -0.1) is 0 Å². The molecule has 1 aromatic heterocycles. The van der Waals surface area contributed by atoms with Crippen molar-refractivity contribution in [3.8, 4) is 0 Å².